The molecule has 25 heavy (non-hydrogen) atoms. The highest BCUT2D eigenvalue weighted by molar-refractivity contribution is 5.35. The van der Waals surface area contributed by atoms with Crippen molar-refractivity contribution in [2.24, 2.45) is 0 Å². The van der Waals surface area contributed by atoms with Crippen molar-refractivity contribution in [3.63, 3.8) is 0 Å². The topological polar surface area (TPSA) is 78.6 Å². The van der Waals surface area contributed by atoms with E-state index in [1.54, 1.807) is 6.20 Å². The quantitative estimate of drug-likeness (QED) is 0.828. The molecule has 3 rings (SSSR count). The molecule has 2 aromatic rings. The summed E-state index contributed by atoms with van der Waals surface area (Å²) in [5.74, 6) is 0.512. The first-order valence-electron chi connectivity index (χ1n) is 8.20. The van der Waals surface area contributed by atoms with Crippen LogP contribution in [-0.2, 0) is 11.3 Å². The number of halogens is 1. The average molecular weight is 349 g/mol. The summed E-state index contributed by atoms with van der Waals surface area (Å²) in [5.41, 5.74) is 3.34. The summed E-state index contributed by atoms with van der Waals surface area (Å²) in [7, 11) is 0. The lowest BCUT2D eigenvalue weighted by atomic mass is 10.0. The molecule has 1 saturated heterocycles. The molecule has 136 valence electrons. The maximum absolute atomic E-state index is 13.3. The number of β-amino-alcohol motifs (C(OH)–C–C–N with tert-alkyl or cyclic N) is 1. The highest BCUT2D eigenvalue weighted by Crippen LogP contribution is 2.19. The molecule has 0 aliphatic carbocycles. The highest BCUT2D eigenvalue weighted by Gasteiger charge is 2.31. The van der Waals surface area contributed by atoms with Gasteiger partial charge in [-0.05, 0) is 23.6 Å². The van der Waals surface area contributed by atoms with E-state index in [1.807, 2.05) is 15.8 Å². The van der Waals surface area contributed by atoms with E-state index in [2.05, 4.69) is 43.2 Å². The number of benzene rings is 1. The molecule has 0 bridgehead atoms. The third kappa shape index (κ3) is 5.11. The Kier molecular flexibility index (Phi) is 6.66. The molecule has 1 aromatic heterocycles. The number of hydrogen-bond acceptors (Lipinski definition) is 4. The molecule has 2 N–H and O–H groups in total. The molecule has 1 aliphatic heterocycles. The van der Waals surface area contributed by atoms with Gasteiger partial charge in [-0.3, -0.25) is 9.69 Å². The zero-order valence-electron chi connectivity index (χ0n) is 14.4. The van der Waals surface area contributed by atoms with Crippen molar-refractivity contribution in [2.45, 2.75) is 38.6 Å². The van der Waals surface area contributed by atoms with E-state index in [-0.39, 0.29) is 13.0 Å². The molecule has 1 aliphatic rings. The van der Waals surface area contributed by atoms with Gasteiger partial charge in [0.15, 0.2) is 0 Å². The maximum atomic E-state index is 13.3. The van der Waals surface area contributed by atoms with Gasteiger partial charge in [0.1, 0.15) is 6.17 Å². The number of rotatable bonds is 4. The molecule has 2 atom stereocenters. The highest BCUT2D eigenvalue weighted by atomic mass is 19.1. The summed E-state index contributed by atoms with van der Waals surface area (Å²) in [6, 6.07) is 8.35. The first-order valence-corrected chi connectivity index (χ1v) is 8.20. The minimum atomic E-state index is -1.14. The number of alkyl halides is 1. The Hall–Kier alpha value is -2.25. The van der Waals surface area contributed by atoms with Crippen molar-refractivity contribution in [1.29, 1.82) is 0 Å². The third-order valence-corrected chi connectivity index (χ3v) is 4.16. The van der Waals surface area contributed by atoms with E-state index >= 15 is 0 Å². The molecule has 1 fully saturated rings. The van der Waals surface area contributed by atoms with Crippen molar-refractivity contribution in [1.82, 2.24) is 14.7 Å². The van der Waals surface area contributed by atoms with E-state index in [4.69, 9.17) is 9.90 Å². The Balaban J connectivity index is 0.000000701. The van der Waals surface area contributed by atoms with Crippen LogP contribution in [-0.4, -0.2) is 56.7 Å². The van der Waals surface area contributed by atoms with Gasteiger partial charge >= 0.3 is 0 Å². The van der Waals surface area contributed by atoms with Crippen LogP contribution in [0.1, 0.15) is 30.9 Å². The van der Waals surface area contributed by atoms with Crippen LogP contribution in [0.2, 0.25) is 0 Å². The van der Waals surface area contributed by atoms with Gasteiger partial charge in [-0.15, -0.1) is 0 Å². The summed E-state index contributed by atoms with van der Waals surface area (Å²) >= 11 is 0. The van der Waals surface area contributed by atoms with Gasteiger partial charge in [0.05, 0.1) is 18.0 Å². The minimum absolute atomic E-state index is 0.250. The first kappa shape index (κ1) is 19.1. The van der Waals surface area contributed by atoms with Crippen LogP contribution < -0.4 is 0 Å². The van der Waals surface area contributed by atoms with E-state index in [9.17, 15) is 9.50 Å². The molecular weight excluding hydrogens is 325 g/mol. The minimum Gasteiger partial charge on any atom is -0.483 e. The van der Waals surface area contributed by atoms with Gasteiger partial charge in [0, 0.05) is 31.4 Å². The van der Waals surface area contributed by atoms with Crippen molar-refractivity contribution in [2.75, 3.05) is 13.1 Å². The van der Waals surface area contributed by atoms with Gasteiger partial charge in [-0.25, -0.2) is 9.07 Å². The second-order valence-corrected chi connectivity index (χ2v) is 6.42. The fourth-order valence-electron chi connectivity index (χ4n) is 2.80. The van der Waals surface area contributed by atoms with Crippen molar-refractivity contribution >= 4 is 6.47 Å². The molecule has 0 spiro atoms. The normalized spacial score (nSPS) is 20.4. The van der Waals surface area contributed by atoms with E-state index in [0.29, 0.717) is 19.0 Å². The second-order valence-electron chi connectivity index (χ2n) is 6.42. The van der Waals surface area contributed by atoms with Gasteiger partial charge in [0.25, 0.3) is 6.47 Å². The fraction of sp³-hybridized carbons (Fsp3) is 0.444. The summed E-state index contributed by atoms with van der Waals surface area (Å²) < 4.78 is 15.2. The van der Waals surface area contributed by atoms with Gasteiger partial charge in [0.2, 0.25) is 0 Å². The number of hydrogen-bond donors (Lipinski definition) is 2. The Labute approximate surface area is 146 Å². The van der Waals surface area contributed by atoms with Crippen molar-refractivity contribution in [3.05, 3.63) is 47.8 Å². The molecule has 0 radical (unpaired) electrons. The predicted octanol–water partition coefficient (Wildman–Crippen LogP) is 2.21. The molecule has 2 heterocycles. The predicted molar refractivity (Wildman–Crippen MR) is 92.5 cm³/mol. The Morgan fingerprint density at radius 2 is 1.96 bits per heavy atom. The van der Waals surface area contributed by atoms with Gasteiger partial charge < -0.3 is 10.2 Å². The van der Waals surface area contributed by atoms with Crippen LogP contribution in [0.15, 0.2) is 36.7 Å². The zero-order valence-corrected chi connectivity index (χ0v) is 14.4. The third-order valence-electron chi connectivity index (χ3n) is 4.16. The summed E-state index contributed by atoms with van der Waals surface area (Å²) in [4.78, 5) is 10.3. The monoisotopic (exact) mass is 349 g/mol. The van der Waals surface area contributed by atoms with Crippen LogP contribution in [0.25, 0.3) is 5.69 Å². The smallest absolute Gasteiger partial charge is 0.290 e. The largest absolute Gasteiger partial charge is 0.483 e. The Morgan fingerprint density at radius 1 is 1.32 bits per heavy atom. The zero-order chi connectivity index (χ0) is 18.4. The lowest BCUT2D eigenvalue weighted by Crippen LogP contribution is -2.21. The molecule has 1 aromatic carbocycles. The number of aliphatic hydroxyl groups is 1. The Bertz CT molecular complexity index is 662. The van der Waals surface area contributed by atoms with E-state index in [0.717, 1.165) is 11.3 Å². The number of likely N-dealkylation sites (tertiary alicyclic amines) is 1. The standard InChI is InChI=1S/C17H22FN3O.CH2O2/c1-12(2)14-3-5-15(6-4-14)21-9-13(7-19-21)8-20-10-16(18)17(22)11-20;2-1-3/h3-7,9,12,16-17,22H,8,10-11H2,1-2H3;1H,(H,2,3)/t16-,17-;/m1./s1. The van der Waals surface area contributed by atoms with Gasteiger partial charge in [-0.2, -0.15) is 5.10 Å². The summed E-state index contributed by atoms with van der Waals surface area (Å²) in [6.07, 6.45) is 1.76. The van der Waals surface area contributed by atoms with Crippen LogP contribution in [0.4, 0.5) is 4.39 Å². The fourth-order valence-corrected chi connectivity index (χ4v) is 2.80. The van der Waals surface area contributed by atoms with Gasteiger partial charge in [-0.1, -0.05) is 26.0 Å². The van der Waals surface area contributed by atoms with Crippen molar-refractivity contribution < 1.29 is 19.4 Å². The number of nitrogens with zero attached hydrogens (tertiary/aromatic N) is 3. The van der Waals surface area contributed by atoms with E-state index < -0.39 is 12.3 Å². The number of aromatic nitrogens is 2. The number of carboxylic acid groups (broad SMARTS) is 1. The Morgan fingerprint density at radius 3 is 2.48 bits per heavy atom. The lowest BCUT2D eigenvalue weighted by Gasteiger charge is -2.12. The maximum Gasteiger partial charge on any atom is 0.290 e. The molecule has 6 nitrogen and oxygen atoms in total. The lowest BCUT2D eigenvalue weighted by molar-refractivity contribution is -0.122. The summed E-state index contributed by atoms with van der Waals surface area (Å²) in [5, 5.41) is 20.7. The molecule has 0 saturated carbocycles. The SMILES string of the molecule is CC(C)c1ccc(-n2cc(CN3C[C@@H](O)[C@H](F)C3)cn2)cc1.O=CO. The van der Waals surface area contributed by atoms with E-state index in [1.165, 1.54) is 5.56 Å². The van der Waals surface area contributed by atoms with Crippen molar-refractivity contribution in [3.8, 4) is 5.69 Å². The second kappa shape index (κ2) is 8.73. The van der Waals surface area contributed by atoms with Crippen LogP contribution in [0, 0.1) is 0 Å². The number of aliphatic hydroxyl groups excluding tert-OH is 1. The van der Waals surface area contributed by atoms with Crippen LogP contribution >= 0.6 is 0 Å². The van der Waals surface area contributed by atoms with Crippen LogP contribution in [0.3, 0.4) is 0 Å². The molecule has 0 unspecified atom stereocenters. The first-order chi connectivity index (χ1) is 11.9. The molecule has 7 heteroatoms. The molecule has 0 amide bonds. The van der Waals surface area contributed by atoms with Crippen LogP contribution in [0.5, 0.6) is 0 Å². The molecular formula is C18H24FN3O3. The summed E-state index contributed by atoms with van der Waals surface area (Å²) in [6.45, 7) is 5.37. The number of carbonyl (C=O) groups is 1. The average Bonchev–Trinajstić information content (AvgIpc) is 3.15.